The Labute approximate surface area is 101 Å². The van der Waals surface area contributed by atoms with Crippen LogP contribution < -0.4 is 5.32 Å². The van der Waals surface area contributed by atoms with Gasteiger partial charge in [0.1, 0.15) is 12.1 Å². The van der Waals surface area contributed by atoms with E-state index in [1.54, 1.807) is 13.8 Å². The van der Waals surface area contributed by atoms with Gasteiger partial charge in [-0.3, -0.25) is 9.69 Å². The molecule has 1 saturated heterocycles. The average molecular weight is 246 g/mol. The molecule has 0 aromatic heterocycles. The van der Waals surface area contributed by atoms with Crippen molar-refractivity contribution in [1.82, 2.24) is 10.2 Å². The summed E-state index contributed by atoms with van der Waals surface area (Å²) in [6.07, 6.45) is 0.343. The van der Waals surface area contributed by atoms with Crippen molar-refractivity contribution in [1.29, 1.82) is 0 Å². The van der Waals surface area contributed by atoms with Gasteiger partial charge in [0.2, 0.25) is 0 Å². The minimum absolute atomic E-state index is 0.205. The molecule has 6 heteroatoms. The Morgan fingerprint density at radius 2 is 2.12 bits per heavy atom. The number of hydrogen-bond donors (Lipinski definition) is 2. The molecule has 2 atom stereocenters. The molecule has 1 aliphatic rings. The fourth-order valence-electron chi connectivity index (χ4n) is 1.39. The van der Waals surface area contributed by atoms with Gasteiger partial charge in [-0.25, -0.2) is 4.79 Å². The fraction of sp³-hybridized carbons (Fsp3) is 0.700. The number of nitrogens with zero attached hydrogens (tertiary/aromatic N) is 1. The van der Waals surface area contributed by atoms with Crippen molar-refractivity contribution in [2.75, 3.05) is 0 Å². The minimum Gasteiger partial charge on any atom is -0.480 e. The molecule has 1 fully saturated rings. The number of carboxylic acid groups (broad SMARTS) is 1. The lowest BCUT2D eigenvalue weighted by atomic mass is 10.2. The van der Waals surface area contributed by atoms with Crippen LogP contribution in [0.4, 0.5) is 0 Å². The maximum Gasteiger partial charge on any atom is 0.326 e. The lowest BCUT2D eigenvalue weighted by Crippen LogP contribution is -2.45. The third-order valence-electron chi connectivity index (χ3n) is 2.15. The summed E-state index contributed by atoms with van der Waals surface area (Å²) in [7, 11) is 0. The van der Waals surface area contributed by atoms with E-state index in [2.05, 4.69) is 5.32 Å². The SMILES string of the molecule is CC.CCC(C(=O)O)N1C(=O)C(C)NC1=S. The van der Waals surface area contributed by atoms with Crippen molar-refractivity contribution in [3.8, 4) is 0 Å². The predicted molar refractivity (Wildman–Crippen MR) is 65.1 cm³/mol. The molecule has 5 nitrogen and oxygen atoms in total. The van der Waals surface area contributed by atoms with Gasteiger partial charge in [-0.2, -0.15) is 0 Å². The third kappa shape index (κ3) is 2.91. The molecule has 0 aliphatic carbocycles. The number of thiocarbonyl (C=S) groups is 1. The molecule has 2 N–H and O–H groups in total. The number of carbonyl (C=O) groups is 2. The monoisotopic (exact) mass is 246 g/mol. The molecule has 1 aliphatic heterocycles. The predicted octanol–water partition coefficient (Wildman–Crippen LogP) is 0.981. The summed E-state index contributed by atoms with van der Waals surface area (Å²) in [5.41, 5.74) is 0. The summed E-state index contributed by atoms with van der Waals surface area (Å²) in [4.78, 5) is 23.5. The van der Waals surface area contributed by atoms with E-state index in [1.807, 2.05) is 13.8 Å². The van der Waals surface area contributed by atoms with E-state index in [4.69, 9.17) is 17.3 Å². The highest BCUT2D eigenvalue weighted by molar-refractivity contribution is 7.80. The molecule has 0 aromatic carbocycles. The molecule has 92 valence electrons. The van der Waals surface area contributed by atoms with Gasteiger partial charge >= 0.3 is 5.97 Å². The summed E-state index contributed by atoms with van der Waals surface area (Å²) < 4.78 is 0. The van der Waals surface area contributed by atoms with Gasteiger partial charge in [-0.05, 0) is 25.6 Å². The van der Waals surface area contributed by atoms with E-state index in [0.29, 0.717) is 6.42 Å². The highest BCUT2D eigenvalue weighted by Gasteiger charge is 2.39. The Bertz CT molecular complexity index is 294. The van der Waals surface area contributed by atoms with E-state index in [0.717, 1.165) is 4.90 Å². The van der Waals surface area contributed by atoms with Crippen LogP contribution in [0.25, 0.3) is 0 Å². The molecule has 1 heterocycles. The van der Waals surface area contributed by atoms with Crippen LogP contribution in [0.1, 0.15) is 34.1 Å². The second-order valence-corrected chi connectivity index (χ2v) is 3.53. The Morgan fingerprint density at radius 3 is 2.38 bits per heavy atom. The first-order valence-electron chi connectivity index (χ1n) is 5.35. The summed E-state index contributed by atoms with van der Waals surface area (Å²) >= 11 is 4.89. The van der Waals surface area contributed by atoms with Gasteiger partial charge in [-0.15, -0.1) is 0 Å². The number of hydrogen-bond acceptors (Lipinski definition) is 3. The first-order chi connectivity index (χ1) is 7.49. The molecule has 1 rings (SSSR count). The Hall–Kier alpha value is -1.17. The first kappa shape index (κ1) is 14.8. The zero-order valence-corrected chi connectivity index (χ0v) is 10.8. The lowest BCUT2D eigenvalue weighted by molar-refractivity contribution is -0.146. The van der Waals surface area contributed by atoms with E-state index < -0.39 is 18.1 Å². The number of rotatable bonds is 3. The van der Waals surface area contributed by atoms with Crippen LogP contribution in [0, 0.1) is 0 Å². The molecule has 0 spiro atoms. The zero-order chi connectivity index (χ0) is 12.9. The Morgan fingerprint density at radius 1 is 1.62 bits per heavy atom. The second kappa shape index (κ2) is 6.42. The Balaban J connectivity index is 0.00000106. The van der Waals surface area contributed by atoms with E-state index in [1.165, 1.54) is 0 Å². The first-order valence-corrected chi connectivity index (χ1v) is 5.76. The molecule has 2 unspecified atom stereocenters. The topological polar surface area (TPSA) is 69.6 Å². The molecular formula is C10H18N2O3S. The lowest BCUT2D eigenvalue weighted by Gasteiger charge is -2.21. The minimum atomic E-state index is -1.03. The number of carboxylic acids is 1. The standard InChI is InChI=1S/C8H12N2O3S.C2H6/c1-3-5(7(12)13)10-6(11)4(2)9-8(10)14;1-2/h4-5H,3H2,1-2H3,(H,9,14)(H,12,13);1-2H3. The molecule has 16 heavy (non-hydrogen) atoms. The van der Waals surface area contributed by atoms with E-state index >= 15 is 0 Å². The highest BCUT2D eigenvalue weighted by Crippen LogP contribution is 2.13. The maximum absolute atomic E-state index is 11.5. The molecule has 1 amide bonds. The van der Waals surface area contributed by atoms with Crippen molar-refractivity contribution in [2.24, 2.45) is 0 Å². The molecule has 0 aromatic rings. The van der Waals surface area contributed by atoms with Gasteiger partial charge in [0.25, 0.3) is 5.91 Å². The van der Waals surface area contributed by atoms with Crippen LogP contribution in [-0.2, 0) is 9.59 Å². The quantitative estimate of drug-likeness (QED) is 0.726. The van der Waals surface area contributed by atoms with Gasteiger partial charge in [0.05, 0.1) is 0 Å². The zero-order valence-electron chi connectivity index (χ0n) is 9.98. The third-order valence-corrected chi connectivity index (χ3v) is 2.46. The van der Waals surface area contributed by atoms with Crippen molar-refractivity contribution in [2.45, 2.75) is 46.2 Å². The fourth-order valence-corrected chi connectivity index (χ4v) is 1.78. The van der Waals surface area contributed by atoms with Gasteiger partial charge in [0, 0.05) is 0 Å². The molecule has 0 saturated carbocycles. The van der Waals surface area contributed by atoms with Crippen LogP contribution >= 0.6 is 12.2 Å². The average Bonchev–Trinajstić information content (AvgIpc) is 2.48. The summed E-state index contributed by atoms with van der Waals surface area (Å²) in [5.74, 6) is -1.30. The molecule has 0 radical (unpaired) electrons. The van der Waals surface area contributed by atoms with E-state index in [-0.39, 0.29) is 11.0 Å². The Kier molecular flexibility index (Phi) is 5.95. The number of carbonyl (C=O) groups excluding carboxylic acids is 1. The summed E-state index contributed by atoms with van der Waals surface area (Å²) in [6.45, 7) is 7.36. The van der Waals surface area contributed by atoms with Crippen LogP contribution in [0.5, 0.6) is 0 Å². The molecular weight excluding hydrogens is 228 g/mol. The van der Waals surface area contributed by atoms with E-state index in [9.17, 15) is 9.59 Å². The van der Waals surface area contributed by atoms with Crippen LogP contribution in [-0.4, -0.2) is 39.1 Å². The highest BCUT2D eigenvalue weighted by atomic mass is 32.1. The van der Waals surface area contributed by atoms with Crippen LogP contribution in [0.15, 0.2) is 0 Å². The number of amides is 1. The van der Waals surface area contributed by atoms with Crippen molar-refractivity contribution >= 4 is 29.2 Å². The normalized spacial score (nSPS) is 21.0. The second-order valence-electron chi connectivity index (χ2n) is 3.14. The van der Waals surface area contributed by atoms with Crippen molar-refractivity contribution in [3.05, 3.63) is 0 Å². The summed E-state index contributed by atoms with van der Waals surface area (Å²) in [5, 5.41) is 11.8. The van der Waals surface area contributed by atoms with Crippen molar-refractivity contribution < 1.29 is 14.7 Å². The smallest absolute Gasteiger partial charge is 0.326 e. The van der Waals surface area contributed by atoms with Gasteiger partial charge in [-0.1, -0.05) is 20.8 Å². The maximum atomic E-state index is 11.5. The summed E-state index contributed by atoms with van der Waals surface area (Å²) in [6, 6.07) is -1.27. The number of nitrogens with one attached hydrogen (secondary N) is 1. The van der Waals surface area contributed by atoms with Crippen LogP contribution in [0.3, 0.4) is 0 Å². The molecule has 0 bridgehead atoms. The van der Waals surface area contributed by atoms with Crippen LogP contribution in [0.2, 0.25) is 0 Å². The van der Waals surface area contributed by atoms with Crippen molar-refractivity contribution in [3.63, 3.8) is 0 Å². The largest absolute Gasteiger partial charge is 0.480 e. The van der Waals surface area contributed by atoms with Gasteiger partial charge < -0.3 is 10.4 Å². The number of aliphatic carboxylic acids is 1. The van der Waals surface area contributed by atoms with Gasteiger partial charge in [0.15, 0.2) is 5.11 Å².